The molecule has 0 aliphatic heterocycles. The summed E-state index contributed by atoms with van der Waals surface area (Å²) in [4.78, 5) is 29.1. The third-order valence-electron chi connectivity index (χ3n) is 4.49. The fourth-order valence-electron chi connectivity index (χ4n) is 2.73. The van der Waals surface area contributed by atoms with Crippen LogP contribution in [-0.4, -0.2) is 28.6 Å². The Bertz CT molecular complexity index is 963. The standard InChI is InChI=1S/C22H23NO3S2/c1-14-10-11-17(13-15(14)2)21(25)16(3)26-20(24)9-6-12-27-22-23-18-7-4-5-8-19(18)28-22/h4-5,7-8,10-11,13,16H,6,9,12H2,1-3H3/t16-/m0/s1. The first kappa shape index (κ1) is 20.6. The predicted molar refractivity (Wildman–Crippen MR) is 115 cm³/mol. The van der Waals surface area contributed by atoms with E-state index in [9.17, 15) is 9.59 Å². The van der Waals surface area contributed by atoms with Crippen LogP contribution in [0.5, 0.6) is 0 Å². The topological polar surface area (TPSA) is 56.3 Å². The highest BCUT2D eigenvalue weighted by Gasteiger charge is 2.19. The number of para-hydroxylation sites is 1. The molecular weight excluding hydrogens is 390 g/mol. The molecule has 1 atom stereocenters. The number of hydrogen-bond acceptors (Lipinski definition) is 6. The van der Waals surface area contributed by atoms with Gasteiger partial charge in [-0.3, -0.25) is 9.59 Å². The number of benzene rings is 2. The number of carbonyl (C=O) groups is 2. The number of aromatic nitrogens is 1. The fourth-order valence-corrected chi connectivity index (χ4v) is 4.81. The number of rotatable bonds is 8. The van der Waals surface area contributed by atoms with Gasteiger partial charge in [0, 0.05) is 17.7 Å². The van der Waals surface area contributed by atoms with Gasteiger partial charge >= 0.3 is 5.97 Å². The number of thiazole rings is 1. The van der Waals surface area contributed by atoms with Crippen LogP contribution in [0.15, 0.2) is 46.8 Å². The van der Waals surface area contributed by atoms with Gasteiger partial charge in [0.25, 0.3) is 0 Å². The quantitative estimate of drug-likeness (QED) is 0.208. The molecule has 4 nitrogen and oxygen atoms in total. The summed E-state index contributed by atoms with van der Waals surface area (Å²) in [6.45, 7) is 5.59. The predicted octanol–water partition coefficient (Wildman–Crippen LogP) is 5.60. The Labute approximate surface area is 173 Å². The molecule has 0 aliphatic carbocycles. The minimum absolute atomic E-state index is 0.166. The minimum Gasteiger partial charge on any atom is -0.454 e. The van der Waals surface area contributed by atoms with Gasteiger partial charge in [0.1, 0.15) is 0 Å². The summed E-state index contributed by atoms with van der Waals surface area (Å²) >= 11 is 3.31. The molecule has 0 aliphatic rings. The molecule has 0 N–H and O–H groups in total. The Balaban J connectivity index is 1.43. The Hall–Kier alpha value is -2.18. The highest BCUT2D eigenvalue weighted by molar-refractivity contribution is 8.01. The second-order valence-electron chi connectivity index (χ2n) is 6.69. The molecule has 146 valence electrons. The van der Waals surface area contributed by atoms with Crippen molar-refractivity contribution >= 4 is 45.1 Å². The number of carbonyl (C=O) groups excluding carboxylic acids is 2. The Kier molecular flexibility index (Phi) is 6.86. The Morgan fingerprint density at radius 1 is 1.14 bits per heavy atom. The molecule has 6 heteroatoms. The van der Waals surface area contributed by atoms with E-state index in [2.05, 4.69) is 11.1 Å². The van der Waals surface area contributed by atoms with Crippen LogP contribution in [0.2, 0.25) is 0 Å². The zero-order valence-electron chi connectivity index (χ0n) is 16.2. The van der Waals surface area contributed by atoms with Gasteiger partial charge < -0.3 is 4.74 Å². The molecule has 28 heavy (non-hydrogen) atoms. The van der Waals surface area contributed by atoms with Gasteiger partial charge in [-0.1, -0.05) is 36.0 Å². The van der Waals surface area contributed by atoms with Crippen LogP contribution in [0.25, 0.3) is 10.2 Å². The molecule has 0 radical (unpaired) electrons. The van der Waals surface area contributed by atoms with Gasteiger partial charge in [-0.2, -0.15) is 0 Å². The monoisotopic (exact) mass is 413 g/mol. The number of nitrogens with zero attached hydrogens (tertiary/aromatic N) is 1. The molecular formula is C22H23NO3S2. The number of aryl methyl sites for hydroxylation is 2. The number of ether oxygens (including phenoxy) is 1. The van der Waals surface area contributed by atoms with Crippen LogP contribution >= 0.6 is 23.1 Å². The minimum atomic E-state index is -0.772. The lowest BCUT2D eigenvalue weighted by molar-refractivity contribution is -0.146. The number of ketones is 1. The van der Waals surface area contributed by atoms with Gasteiger partial charge in [-0.25, -0.2) is 4.98 Å². The van der Waals surface area contributed by atoms with Gasteiger partial charge in [0.05, 0.1) is 10.2 Å². The van der Waals surface area contributed by atoms with Crippen LogP contribution in [0.3, 0.4) is 0 Å². The normalized spacial score (nSPS) is 12.1. The average molecular weight is 414 g/mol. The number of esters is 1. The molecule has 3 aromatic rings. The van der Waals surface area contributed by atoms with E-state index in [1.54, 1.807) is 36.1 Å². The third kappa shape index (κ3) is 5.20. The summed E-state index contributed by atoms with van der Waals surface area (Å²) in [6.07, 6.45) is 0.207. The van der Waals surface area contributed by atoms with E-state index >= 15 is 0 Å². The fraction of sp³-hybridized carbons (Fsp3) is 0.318. The Morgan fingerprint density at radius 2 is 1.93 bits per heavy atom. The molecule has 0 spiro atoms. The lowest BCUT2D eigenvalue weighted by atomic mass is 10.0. The van der Waals surface area contributed by atoms with Crippen LogP contribution in [0, 0.1) is 13.8 Å². The summed E-state index contributed by atoms with van der Waals surface area (Å²) in [7, 11) is 0. The van der Waals surface area contributed by atoms with Gasteiger partial charge in [0.2, 0.25) is 5.78 Å². The molecule has 0 unspecified atom stereocenters. The van der Waals surface area contributed by atoms with Crippen molar-refractivity contribution in [2.45, 2.75) is 44.1 Å². The molecule has 0 fully saturated rings. The zero-order valence-corrected chi connectivity index (χ0v) is 17.9. The van der Waals surface area contributed by atoms with Crippen molar-refractivity contribution in [3.05, 3.63) is 59.2 Å². The molecule has 0 amide bonds. The van der Waals surface area contributed by atoms with Crippen molar-refractivity contribution in [2.24, 2.45) is 0 Å². The maximum absolute atomic E-state index is 12.5. The van der Waals surface area contributed by atoms with Crippen LogP contribution < -0.4 is 0 Å². The lowest BCUT2D eigenvalue weighted by Crippen LogP contribution is -2.24. The molecule has 0 bridgehead atoms. The van der Waals surface area contributed by atoms with Crippen LogP contribution in [-0.2, 0) is 9.53 Å². The first-order chi connectivity index (χ1) is 13.4. The summed E-state index contributed by atoms with van der Waals surface area (Å²) in [5.41, 5.74) is 3.77. The first-order valence-electron chi connectivity index (χ1n) is 9.23. The van der Waals surface area contributed by atoms with E-state index in [-0.39, 0.29) is 11.8 Å². The van der Waals surface area contributed by atoms with E-state index in [0.717, 1.165) is 26.7 Å². The molecule has 2 aromatic carbocycles. The summed E-state index contributed by atoms with van der Waals surface area (Å²) in [5, 5.41) is 0. The molecule has 0 saturated heterocycles. The second-order valence-corrected chi connectivity index (χ2v) is 9.07. The molecule has 0 saturated carbocycles. The summed E-state index contributed by atoms with van der Waals surface area (Å²) < 4.78 is 7.50. The molecule has 3 rings (SSSR count). The lowest BCUT2D eigenvalue weighted by Gasteiger charge is -2.13. The number of fused-ring (bicyclic) bond motifs is 1. The maximum Gasteiger partial charge on any atom is 0.306 e. The highest BCUT2D eigenvalue weighted by Crippen LogP contribution is 2.29. The van der Waals surface area contributed by atoms with Crippen molar-refractivity contribution in [3.63, 3.8) is 0 Å². The third-order valence-corrected chi connectivity index (χ3v) is 6.76. The van der Waals surface area contributed by atoms with Crippen molar-refractivity contribution in [1.82, 2.24) is 4.98 Å². The van der Waals surface area contributed by atoms with E-state index in [0.29, 0.717) is 18.4 Å². The van der Waals surface area contributed by atoms with Crippen LogP contribution in [0.4, 0.5) is 0 Å². The summed E-state index contributed by atoms with van der Waals surface area (Å²) in [5.74, 6) is 0.281. The van der Waals surface area contributed by atoms with Gasteiger partial charge in [-0.15, -0.1) is 11.3 Å². The van der Waals surface area contributed by atoms with Crippen LogP contribution in [0.1, 0.15) is 41.3 Å². The summed E-state index contributed by atoms with van der Waals surface area (Å²) in [6, 6.07) is 13.6. The average Bonchev–Trinajstić information content (AvgIpc) is 3.09. The molecule has 1 aromatic heterocycles. The van der Waals surface area contributed by atoms with E-state index in [4.69, 9.17) is 4.74 Å². The van der Waals surface area contributed by atoms with E-state index < -0.39 is 6.10 Å². The SMILES string of the molecule is Cc1ccc(C(=O)[C@H](C)OC(=O)CCCSc2nc3ccccc3s2)cc1C. The van der Waals surface area contributed by atoms with Crippen molar-refractivity contribution in [2.75, 3.05) is 5.75 Å². The highest BCUT2D eigenvalue weighted by atomic mass is 32.2. The largest absolute Gasteiger partial charge is 0.454 e. The van der Waals surface area contributed by atoms with Crippen molar-refractivity contribution < 1.29 is 14.3 Å². The number of Topliss-reactive ketones (excluding diaryl/α,β-unsaturated/α-hetero) is 1. The van der Waals surface area contributed by atoms with E-state index in [1.165, 1.54) is 4.70 Å². The number of hydrogen-bond donors (Lipinski definition) is 0. The second kappa shape index (κ2) is 9.34. The zero-order chi connectivity index (χ0) is 20.1. The Morgan fingerprint density at radius 3 is 2.68 bits per heavy atom. The van der Waals surface area contributed by atoms with Gasteiger partial charge in [-0.05, 0) is 56.5 Å². The van der Waals surface area contributed by atoms with Gasteiger partial charge in [0.15, 0.2) is 10.4 Å². The molecule has 1 heterocycles. The first-order valence-corrected chi connectivity index (χ1v) is 11.0. The van der Waals surface area contributed by atoms with Crippen molar-refractivity contribution in [1.29, 1.82) is 0 Å². The van der Waals surface area contributed by atoms with E-state index in [1.807, 2.05) is 44.2 Å². The van der Waals surface area contributed by atoms with Crippen molar-refractivity contribution in [3.8, 4) is 0 Å². The number of thioether (sulfide) groups is 1. The maximum atomic E-state index is 12.5. The smallest absolute Gasteiger partial charge is 0.306 e.